The van der Waals surface area contributed by atoms with Crippen molar-refractivity contribution in [1.29, 1.82) is 0 Å². The summed E-state index contributed by atoms with van der Waals surface area (Å²) >= 11 is 0. The second-order valence-electron chi connectivity index (χ2n) is 6.97. The SMILES string of the molecule is CC1CC2CCCN3CCc4c(n1c1ccccc41)[C@H]23. The number of piperidine rings is 1. The molecule has 4 heterocycles. The van der Waals surface area contributed by atoms with Gasteiger partial charge in [-0.2, -0.15) is 0 Å². The lowest BCUT2D eigenvalue weighted by atomic mass is 9.77. The molecule has 0 amide bonds. The Morgan fingerprint density at radius 2 is 2.05 bits per heavy atom. The maximum atomic E-state index is 2.78. The molecule has 0 radical (unpaired) electrons. The molecule has 3 aliphatic rings. The highest BCUT2D eigenvalue weighted by atomic mass is 15.2. The van der Waals surface area contributed by atoms with Gasteiger partial charge >= 0.3 is 0 Å². The molecule has 1 aromatic heterocycles. The van der Waals surface area contributed by atoms with Gasteiger partial charge in [0.2, 0.25) is 0 Å². The van der Waals surface area contributed by atoms with E-state index in [0.717, 1.165) is 12.0 Å². The molecule has 2 unspecified atom stereocenters. The van der Waals surface area contributed by atoms with Gasteiger partial charge in [-0.25, -0.2) is 0 Å². The Labute approximate surface area is 120 Å². The van der Waals surface area contributed by atoms with Crippen molar-refractivity contribution in [2.45, 2.75) is 44.7 Å². The van der Waals surface area contributed by atoms with Crippen LogP contribution in [0.15, 0.2) is 24.3 Å². The van der Waals surface area contributed by atoms with Crippen LogP contribution in [0, 0.1) is 5.92 Å². The van der Waals surface area contributed by atoms with E-state index >= 15 is 0 Å². The maximum Gasteiger partial charge on any atom is 0.0532 e. The normalized spacial score (nSPS) is 32.4. The molecule has 20 heavy (non-hydrogen) atoms. The van der Waals surface area contributed by atoms with Gasteiger partial charge in [0, 0.05) is 29.2 Å². The number of hydrogen-bond acceptors (Lipinski definition) is 1. The summed E-state index contributed by atoms with van der Waals surface area (Å²) in [7, 11) is 0. The van der Waals surface area contributed by atoms with E-state index in [1.165, 1.54) is 49.7 Å². The Bertz CT molecular complexity index is 684. The van der Waals surface area contributed by atoms with E-state index in [-0.39, 0.29) is 0 Å². The Morgan fingerprint density at radius 3 is 3.00 bits per heavy atom. The fourth-order valence-corrected chi connectivity index (χ4v) is 5.26. The van der Waals surface area contributed by atoms with Crippen LogP contribution in [-0.2, 0) is 6.42 Å². The molecule has 0 N–H and O–H groups in total. The summed E-state index contributed by atoms with van der Waals surface area (Å²) < 4.78 is 2.68. The van der Waals surface area contributed by atoms with E-state index in [1.807, 2.05) is 0 Å². The van der Waals surface area contributed by atoms with E-state index in [2.05, 4.69) is 40.7 Å². The predicted molar refractivity (Wildman–Crippen MR) is 82.0 cm³/mol. The van der Waals surface area contributed by atoms with Crippen molar-refractivity contribution in [3.05, 3.63) is 35.5 Å². The second kappa shape index (κ2) is 3.88. The molecule has 3 aliphatic heterocycles. The van der Waals surface area contributed by atoms with Crippen LogP contribution in [0.4, 0.5) is 0 Å². The number of para-hydroxylation sites is 1. The first-order valence-electron chi connectivity index (χ1n) is 8.20. The topological polar surface area (TPSA) is 8.17 Å². The third kappa shape index (κ3) is 1.28. The van der Waals surface area contributed by atoms with Crippen LogP contribution in [0.5, 0.6) is 0 Å². The molecule has 3 atom stereocenters. The van der Waals surface area contributed by atoms with Crippen molar-refractivity contribution < 1.29 is 0 Å². The average molecular weight is 266 g/mol. The van der Waals surface area contributed by atoms with Crippen molar-refractivity contribution >= 4 is 10.9 Å². The highest BCUT2D eigenvalue weighted by Crippen LogP contribution is 2.51. The summed E-state index contributed by atoms with van der Waals surface area (Å²) in [6.45, 7) is 5.02. The smallest absolute Gasteiger partial charge is 0.0532 e. The molecular formula is C18H22N2. The van der Waals surface area contributed by atoms with Gasteiger partial charge in [0.25, 0.3) is 0 Å². The first kappa shape index (κ1) is 11.4. The minimum atomic E-state index is 0.669. The summed E-state index contributed by atoms with van der Waals surface area (Å²) in [5.41, 5.74) is 4.83. The van der Waals surface area contributed by atoms with Crippen LogP contribution in [0.2, 0.25) is 0 Å². The molecule has 2 nitrogen and oxygen atoms in total. The maximum absolute atomic E-state index is 2.78. The molecule has 2 aromatic rings. The van der Waals surface area contributed by atoms with Gasteiger partial charge in [0.1, 0.15) is 0 Å². The van der Waals surface area contributed by atoms with Gasteiger partial charge in [0.05, 0.1) is 6.04 Å². The van der Waals surface area contributed by atoms with Gasteiger partial charge < -0.3 is 4.57 Å². The van der Waals surface area contributed by atoms with Gasteiger partial charge in [-0.1, -0.05) is 18.2 Å². The molecule has 1 aromatic carbocycles. The van der Waals surface area contributed by atoms with E-state index < -0.39 is 0 Å². The number of fused-ring (bicyclic) bond motifs is 3. The van der Waals surface area contributed by atoms with Crippen molar-refractivity contribution in [2.24, 2.45) is 5.92 Å². The highest BCUT2D eigenvalue weighted by molar-refractivity contribution is 5.86. The zero-order chi connectivity index (χ0) is 13.3. The lowest BCUT2D eigenvalue weighted by molar-refractivity contribution is 0.0491. The largest absolute Gasteiger partial charge is 0.340 e. The zero-order valence-corrected chi connectivity index (χ0v) is 12.2. The first-order chi connectivity index (χ1) is 9.84. The Balaban J connectivity index is 1.85. The van der Waals surface area contributed by atoms with Crippen LogP contribution in [0.25, 0.3) is 10.9 Å². The lowest BCUT2D eigenvalue weighted by Crippen LogP contribution is -2.46. The number of benzene rings is 1. The fraction of sp³-hybridized carbons (Fsp3) is 0.556. The standard InChI is InChI=1S/C18H22N2/c1-12-11-13-5-4-9-19-10-8-15-14-6-2-3-7-16(14)20(12)18(15)17(13)19/h2-3,6-7,12-13,17H,4-5,8-11H2,1H3/t12?,13?,17-/m0/s1. The quantitative estimate of drug-likeness (QED) is 0.701. The molecule has 0 aliphatic carbocycles. The number of nitrogens with zero attached hydrogens (tertiary/aromatic N) is 2. The van der Waals surface area contributed by atoms with Crippen molar-refractivity contribution in [2.75, 3.05) is 13.1 Å². The van der Waals surface area contributed by atoms with Crippen molar-refractivity contribution in [1.82, 2.24) is 9.47 Å². The third-order valence-corrected chi connectivity index (χ3v) is 5.93. The van der Waals surface area contributed by atoms with Crippen LogP contribution in [-0.4, -0.2) is 22.6 Å². The highest BCUT2D eigenvalue weighted by Gasteiger charge is 2.43. The summed E-state index contributed by atoms with van der Waals surface area (Å²) in [4.78, 5) is 2.78. The Morgan fingerprint density at radius 1 is 1.15 bits per heavy atom. The molecule has 0 spiro atoms. The number of rotatable bonds is 0. The van der Waals surface area contributed by atoms with Crippen LogP contribution in [0.3, 0.4) is 0 Å². The van der Waals surface area contributed by atoms with E-state index in [9.17, 15) is 0 Å². The summed E-state index contributed by atoms with van der Waals surface area (Å²) in [6.07, 6.45) is 5.46. The lowest BCUT2D eigenvalue weighted by Gasteiger charge is -2.49. The predicted octanol–water partition coefficient (Wildman–Crippen LogP) is 3.92. The third-order valence-electron chi connectivity index (χ3n) is 5.93. The summed E-state index contributed by atoms with van der Waals surface area (Å²) in [6, 6.07) is 10.5. The molecule has 2 heteroatoms. The number of hydrogen-bond donors (Lipinski definition) is 0. The minimum Gasteiger partial charge on any atom is -0.340 e. The van der Waals surface area contributed by atoms with E-state index in [4.69, 9.17) is 0 Å². The van der Waals surface area contributed by atoms with Gasteiger partial charge in [-0.05, 0) is 56.7 Å². The van der Waals surface area contributed by atoms with Crippen LogP contribution < -0.4 is 0 Å². The average Bonchev–Trinajstić information content (AvgIpc) is 2.82. The monoisotopic (exact) mass is 266 g/mol. The first-order valence-corrected chi connectivity index (χ1v) is 8.20. The summed E-state index contributed by atoms with van der Waals surface area (Å²) in [5, 5.41) is 1.53. The zero-order valence-electron chi connectivity index (χ0n) is 12.2. The Kier molecular flexibility index (Phi) is 2.21. The second-order valence-corrected chi connectivity index (χ2v) is 6.97. The fourth-order valence-electron chi connectivity index (χ4n) is 5.26. The molecule has 5 rings (SSSR count). The van der Waals surface area contributed by atoms with Gasteiger partial charge in [0.15, 0.2) is 0 Å². The van der Waals surface area contributed by atoms with Gasteiger partial charge in [-0.15, -0.1) is 0 Å². The minimum absolute atomic E-state index is 0.669. The molecule has 104 valence electrons. The van der Waals surface area contributed by atoms with E-state index in [0.29, 0.717) is 6.04 Å². The molecular weight excluding hydrogens is 244 g/mol. The van der Waals surface area contributed by atoms with Gasteiger partial charge in [-0.3, -0.25) is 4.90 Å². The molecule has 1 saturated heterocycles. The summed E-state index contributed by atoms with van der Waals surface area (Å²) in [5.74, 6) is 0.898. The molecule has 0 bridgehead atoms. The number of aromatic nitrogens is 1. The van der Waals surface area contributed by atoms with E-state index in [1.54, 1.807) is 11.3 Å². The van der Waals surface area contributed by atoms with Crippen molar-refractivity contribution in [3.63, 3.8) is 0 Å². The van der Waals surface area contributed by atoms with Crippen LogP contribution >= 0.6 is 0 Å². The molecule has 0 saturated carbocycles. The Hall–Kier alpha value is -1.28. The van der Waals surface area contributed by atoms with Crippen molar-refractivity contribution in [3.8, 4) is 0 Å². The van der Waals surface area contributed by atoms with Crippen LogP contribution in [0.1, 0.15) is 49.5 Å². The molecule has 1 fully saturated rings.